The van der Waals surface area contributed by atoms with Crippen molar-refractivity contribution in [3.05, 3.63) is 35.9 Å². The van der Waals surface area contributed by atoms with Crippen LogP contribution in [0.15, 0.2) is 30.3 Å². The van der Waals surface area contributed by atoms with Crippen molar-refractivity contribution in [2.24, 2.45) is 0 Å². The van der Waals surface area contributed by atoms with Crippen molar-refractivity contribution >= 4 is 11.8 Å². The molecule has 1 aliphatic heterocycles. The Kier molecular flexibility index (Phi) is 4.92. The molecule has 2 rings (SSSR count). The van der Waals surface area contributed by atoms with E-state index in [0.29, 0.717) is 12.1 Å². The van der Waals surface area contributed by atoms with Crippen LogP contribution in [0.1, 0.15) is 16.8 Å². The first-order chi connectivity index (χ1) is 9.27. The average Bonchev–Trinajstić information content (AvgIpc) is 2.74. The van der Waals surface area contributed by atoms with Crippen LogP contribution < -0.4 is 10.6 Å². The van der Waals surface area contributed by atoms with Gasteiger partial charge in [0, 0.05) is 25.2 Å². The molecule has 19 heavy (non-hydrogen) atoms. The summed E-state index contributed by atoms with van der Waals surface area (Å²) in [6, 6.07) is 8.92. The number of benzene rings is 1. The lowest BCUT2D eigenvalue weighted by molar-refractivity contribution is -0.129. The zero-order valence-corrected chi connectivity index (χ0v) is 10.9. The van der Waals surface area contributed by atoms with E-state index in [-0.39, 0.29) is 18.4 Å². The van der Waals surface area contributed by atoms with E-state index in [0.717, 1.165) is 26.1 Å². The summed E-state index contributed by atoms with van der Waals surface area (Å²) in [5.41, 5.74) is 0.577. The number of rotatable bonds is 3. The minimum Gasteiger partial charge on any atom is -0.343 e. The molecule has 0 saturated carbocycles. The van der Waals surface area contributed by atoms with E-state index < -0.39 is 0 Å². The van der Waals surface area contributed by atoms with Crippen molar-refractivity contribution < 1.29 is 9.59 Å². The van der Waals surface area contributed by atoms with Gasteiger partial charge in [0.05, 0.1) is 6.54 Å². The fraction of sp³-hybridized carbons (Fsp3) is 0.429. The van der Waals surface area contributed by atoms with E-state index in [1.807, 2.05) is 6.07 Å². The van der Waals surface area contributed by atoms with Crippen LogP contribution >= 0.6 is 0 Å². The molecule has 1 saturated heterocycles. The molecule has 0 spiro atoms. The van der Waals surface area contributed by atoms with Crippen LogP contribution in [0.25, 0.3) is 0 Å². The first-order valence-electron chi connectivity index (χ1n) is 6.59. The summed E-state index contributed by atoms with van der Waals surface area (Å²) in [6.45, 7) is 3.29. The summed E-state index contributed by atoms with van der Waals surface area (Å²) >= 11 is 0. The number of hydrogen-bond donors (Lipinski definition) is 2. The highest BCUT2D eigenvalue weighted by Gasteiger charge is 2.16. The van der Waals surface area contributed by atoms with Gasteiger partial charge in [-0.05, 0) is 25.1 Å². The molecule has 2 N–H and O–H groups in total. The molecular weight excluding hydrogens is 242 g/mol. The number of nitrogens with one attached hydrogen (secondary N) is 2. The molecule has 1 fully saturated rings. The van der Waals surface area contributed by atoms with Crippen LogP contribution in [0.2, 0.25) is 0 Å². The quantitative estimate of drug-likeness (QED) is 0.819. The summed E-state index contributed by atoms with van der Waals surface area (Å²) in [6.07, 6.45) is 0.957. The van der Waals surface area contributed by atoms with Crippen LogP contribution in [-0.4, -0.2) is 49.4 Å². The minimum atomic E-state index is -0.207. The van der Waals surface area contributed by atoms with Gasteiger partial charge in [0.25, 0.3) is 5.91 Å². The van der Waals surface area contributed by atoms with Gasteiger partial charge in [-0.3, -0.25) is 9.59 Å². The Hall–Kier alpha value is -1.88. The van der Waals surface area contributed by atoms with Crippen LogP contribution in [0.3, 0.4) is 0 Å². The Bertz CT molecular complexity index is 426. The summed E-state index contributed by atoms with van der Waals surface area (Å²) in [5, 5.41) is 5.91. The largest absolute Gasteiger partial charge is 0.343 e. The zero-order valence-electron chi connectivity index (χ0n) is 10.9. The van der Waals surface area contributed by atoms with E-state index in [1.54, 1.807) is 29.2 Å². The van der Waals surface area contributed by atoms with Crippen molar-refractivity contribution in [2.75, 3.05) is 32.7 Å². The van der Waals surface area contributed by atoms with Gasteiger partial charge in [-0.2, -0.15) is 0 Å². The van der Waals surface area contributed by atoms with Crippen molar-refractivity contribution in [3.8, 4) is 0 Å². The fourth-order valence-corrected chi connectivity index (χ4v) is 2.05. The topological polar surface area (TPSA) is 61.4 Å². The molecule has 0 aromatic heterocycles. The van der Waals surface area contributed by atoms with E-state index >= 15 is 0 Å². The van der Waals surface area contributed by atoms with Crippen molar-refractivity contribution in [1.82, 2.24) is 15.5 Å². The van der Waals surface area contributed by atoms with Gasteiger partial charge < -0.3 is 15.5 Å². The predicted octanol–water partition coefficient (Wildman–Crippen LogP) is 0.238. The Balaban J connectivity index is 1.81. The fourth-order valence-electron chi connectivity index (χ4n) is 2.05. The van der Waals surface area contributed by atoms with Crippen molar-refractivity contribution in [3.63, 3.8) is 0 Å². The molecule has 5 heteroatoms. The number of hydrogen-bond acceptors (Lipinski definition) is 3. The van der Waals surface area contributed by atoms with E-state index in [2.05, 4.69) is 10.6 Å². The maximum atomic E-state index is 12.0. The Morgan fingerprint density at radius 1 is 1.16 bits per heavy atom. The number of carbonyl (C=O) groups excluding carboxylic acids is 2. The molecule has 0 radical (unpaired) electrons. The maximum absolute atomic E-state index is 12.0. The van der Waals surface area contributed by atoms with E-state index in [4.69, 9.17) is 0 Å². The molecule has 0 unspecified atom stereocenters. The highest BCUT2D eigenvalue weighted by Crippen LogP contribution is 1.99. The molecule has 5 nitrogen and oxygen atoms in total. The van der Waals surface area contributed by atoms with E-state index in [9.17, 15) is 9.59 Å². The molecule has 0 atom stereocenters. The summed E-state index contributed by atoms with van der Waals surface area (Å²) < 4.78 is 0. The lowest BCUT2D eigenvalue weighted by Gasteiger charge is -2.20. The van der Waals surface area contributed by atoms with Gasteiger partial charge in [-0.1, -0.05) is 18.2 Å². The van der Waals surface area contributed by atoms with Crippen LogP contribution in [0, 0.1) is 0 Å². The van der Waals surface area contributed by atoms with Gasteiger partial charge in [-0.15, -0.1) is 0 Å². The molecule has 1 aliphatic rings. The summed E-state index contributed by atoms with van der Waals surface area (Å²) in [7, 11) is 0. The van der Waals surface area contributed by atoms with Gasteiger partial charge in [0.1, 0.15) is 0 Å². The highest BCUT2D eigenvalue weighted by molar-refractivity contribution is 5.96. The second-order valence-corrected chi connectivity index (χ2v) is 4.53. The number of carbonyl (C=O) groups is 2. The molecule has 1 aromatic rings. The normalized spacial score (nSPS) is 15.7. The lowest BCUT2D eigenvalue weighted by atomic mass is 10.2. The zero-order chi connectivity index (χ0) is 13.5. The maximum Gasteiger partial charge on any atom is 0.251 e. The Morgan fingerprint density at radius 2 is 1.95 bits per heavy atom. The number of amides is 2. The molecule has 2 amide bonds. The average molecular weight is 261 g/mol. The van der Waals surface area contributed by atoms with Gasteiger partial charge in [0.15, 0.2) is 0 Å². The van der Waals surface area contributed by atoms with Gasteiger partial charge in [-0.25, -0.2) is 0 Å². The first kappa shape index (κ1) is 13.5. The molecule has 1 aromatic carbocycles. The van der Waals surface area contributed by atoms with Gasteiger partial charge >= 0.3 is 0 Å². The second-order valence-electron chi connectivity index (χ2n) is 4.53. The third-order valence-corrected chi connectivity index (χ3v) is 3.13. The highest BCUT2D eigenvalue weighted by atomic mass is 16.2. The first-order valence-corrected chi connectivity index (χ1v) is 6.59. The molecule has 102 valence electrons. The summed E-state index contributed by atoms with van der Waals surface area (Å²) in [5.74, 6) is -0.227. The van der Waals surface area contributed by atoms with Crippen LogP contribution in [-0.2, 0) is 4.79 Å². The van der Waals surface area contributed by atoms with Crippen LogP contribution in [0.4, 0.5) is 0 Å². The standard InChI is InChI=1S/C14H19N3O2/c18-13(17-9-4-7-15-8-10-17)11-16-14(19)12-5-2-1-3-6-12/h1-3,5-6,15H,4,7-11H2,(H,16,19). The van der Waals surface area contributed by atoms with Gasteiger partial charge in [0.2, 0.25) is 5.91 Å². The minimum absolute atomic E-state index is 0.0204. The monoisotopic (exact) mass is 261 g/mol. The van der Waals surface area contributed by atoms with Crippen molar-refractivity contribution in [2.45, 2.75) is 6.42 Å². The molecular formula is C14H19N3O2. The molecule has 1 heterocycles. The Morgan fingerprint density at radius 3 is 2.74 bits per heavy atom. The van der Waals surface area contributed by atoms with Crippen molar-refractivity contribution in [1.29, 1.82) is 0 Å². The van der Waals surface area contributed by atoms with Crippen LogP contribution in [0.5, 0.6) is 0 Å². The smallest absolute Gasteiger partial charge is 0.251 e. The lowest BCUT2D eigenvalue weighted by Crippen LogP contribution is -2.41. The summed E-state index contributed by atoms with van der Waals surface area (Å²) in [4.78, 5) is 25.6. The second kappa shape index (κ2) is 6.89. The number of nitrogens with zero attached hydrogens (tertiary/aromatic N) is 1. The molecule has 0 aliphatic carbocycles. The predicted molar refractivity (Wildman–Crippen MR) is 72.8 cm³/mol. The van der Waals surface area contributed by atoms with E-state index in [1.165, 1.54) is 0 Å². The Labute approximate surface area is 113 Å². The third kappa shape index (κ3) is 4.06. The third-order valence-electron chi connectivity index (χ3n) is 3.13. The SMILES string of the molecule is O=C(NCC(=O)N1CCCNCC1)c1ccccc1. The molecule has 0 bridgehead atoms.